The summed E-state index contributed by atoms with van der Waals surface area (Å²) in [5.74, 6) is -1.28. The summed E-state index contributed by atoms with van der Waals surface area (Å²) in [6.07, 6.45) is 2.83. The highest BCUT2D eigenvalue weighted by atomic mass is 35.5. The average Bonchev–Trinajstić information content (AvgIpc) is 3.73. The molecule has 4 fully saturated rings. The molecular formula is C33H38Cl2N16O3. The molecule has 6 heterocycles. The highest BCUT2D eigenvalue weighted by Crippen LogP contribution is 2.31. The number of aliphatic imine (C=N–C) groups is 2. The lowest BCUT2D eigenvalue weighted by atomic mass is 9.88. The molecule has 4 saturated heterocycles. The Morgan fingerprint density at radius 2 is 1.06 bits per heavy atom. The molecule has 19 nitrogen and oxygen atoms in total. The summed E-state index contributed by atoms with van der Waals surface area (Å²) in [5, 5.41) is 12.7. The van der Waals surface area contributed by atoms with Crippen LogP contribution in [0.4, 0.5) is 23.3 Å². The first kappa shape index (κ1) is 36.4. The second-order valence-corrected chi connectivity index (χ2v) is 14.3. The molecule has 0 unspecified atom stereocenters. The molecule has 0 atom stereocenters. The van der Waals surface area contributed by atoms with Gasteiger partial charge in [0.1, 0.15) is 0 Å². The molecule has 3 amide bonds. The molecular weight excluding hydrogens is 739 g/mol. The Labute approximate surface area is 319 Å². The van der Waals surface area contributed by atoms with Crippen molar-refractivity contribution >= 4 is 81.8 Å². The van der Waals surface area contributed by atoms with Crippen molar-refractivity contribution in [1.29, 1.82) is 0 Å². The van der Waals surface area contributed by atoms with Gasteiger partial charge in [0.2, 0.25) is 0 Å². The molecule has 7 rings (SSSR count). The number of nitrogens with one attached hydrogen (secondary N) is 4. The zero-order valence-corrected chi connectivity index (χ0v) is 30.5. The predicted molar refractivity (Wildman–Crippen MR) is 204 cm³/mol. The van der Waals surface area contributed by atoms with Crippen LogP contribution in [0, 0.1) is 0 Å². The number of benzene rings is 1. The van der Waals surface area contributed by atoms with Gasteiger partial charge in [0.05, 0.1) is 11.1 Å². The van der Waals surface area contributed by atoms with Crippen LogP contribution < -0.4 is 44.2 Å². The van der Waals surface area contributed by atoms with E-state index in [1.54, 1.807) is 0 Å². The molecule has 2 spiro atoms. The summed E-state index contributed by atoms with van der Waals surface area (Å²) in [4.78, 5) is 66.7. The van der Waals surface area contributed by atoms with Gasteiger partial charge in [-0.25, -0.2) is 19.9 Å². The van der Waals surface area contributed by atoms with Crippen molar-refractivity contribution in [2.75, 3.05) is 62.2 Å². The van der Waals surface area contributed by atoms with Crippen LogP contribution in [0.15, 0.2) is 40.8 Å². The quantitative estimate of drug-likeness (QED) is 0.175. The molecule has 4 aliphatic rings. The second-order valence-electron chi connectivity index (χ2n) is 13.6. The van der Waals surface area contributed by atoms with Gasteiger partial charge in [0, 0.05) is 50.5 Å². The van der Waals surface area contributed by atoms with Crippen molar-refractivity contribution < 1.29 is 14.4 Å². The van der Waals surface area contributed by atoms with E-state index in [9.17, 15) is 14.4 Å². The lowest BCUT2D eigenvalue weighted by Gasteiger charge is -2.40. The van der Waals surface area contributed by atoms with Crippen molar-refractivity contribution in [2.24, 2.45) is 9.98 Å². The number of nitrogens with zero attached hydrogens (tertiary/aromatic N) is 8. The summed E-state index contributed by atoms with van der Waals surface area (Å²) in [6.45, 7) is 7.95. The number of aromatic nitrogens is 4. The van der Waals surface area contributed by atoms with Crippen LogP contribution in [-0.2, 0) is 0 Å². The molecule has 0 aliphatic carbocycles. The number of halogens is 2. The van der Waals surface area contributed by atoms with Crippen LogP contribution in [0.5, 0.6) is 0 Å². The largest absolute Gasteiger partial charge is 0.382 e. The van der Waals surface area contributed by atoms with Gasteiger partial charge in [0.15, 0.2) is 56.9 Å². The van der Waals surface area contributed by atoms with E-state index in [1.165, 1.54) is 0 Å². The Bertz CT molecular complexity index is 1960. The third-order valence-corrected chi connectivity index (χ3v) is 10.7. The van der Waals surface area contributed by atoms with Gasteiger partial charge < -0.3 is 54.0 Å². The number of piperidine rings is 2. The molecule has 0 saturated carbocycles. The lowest BCUT2D eigenvalue weighted by molar-refractivity contribution is 0.0668. The van der Waals surface area contributed by atoms with Crippen LogP contribution in [0.3, 0.4) is 0 Å². The third-order valence-electron chi connectivity index (χ3n) is 10.2. The number of anilines is 4. The molecule has 4 aliphatic heterocycles. The zero-order valence-electron chi connectivity index (χ0n) is 29.0. The van der Waals surface area contributed by atoms with Crippen molar-refractivity contribution in [3.8, 4) is 0 Å². The van der Waals surface area contributed by atoms with E-state index in [2.05, 4.69) is 62.7 Å². The lowest BCUT2D eigenvalue weighted by Crippen LogP contribution is -2.53. The number of nitrogen functional groups attached to an aromatic ring is 4. The van der Waals surface area contributed by atoms with Crippen molar-refractivity contribution in [1.82, 2.24) is 51.0 Å². The number of rotatable bonds is 5. The van der Waals surface area contributed by atoms with E-state index in [-0.39, 0.29) is 67.9 Å². The van der Waals surface area contributed by atoms with E-state index < -0.39 is 11.8 Å². The minimum atomic E-state index is -0.709. The van der Waals surface area contributed by atoms with Crippen LogP contribution in [0.1, 0.15) is 62.6 Å². The smallest absolute Gasteiger partial charge is 0.302 e. The summed E-state index contributed by atoms with van der Waals surface area (Å²) >= 11 is 11.8. The maximum atomic E-state index is 13.5. The normalized spacial score (nSPS) is 20.0. The average molecular weight is 778 g/mol. The van der Waals surface area contributed by atoms with Crippen LogP contribution in [0.2, 0.25) is 10.3 Å². The SMILES string of the molecule is C=C(c1ccc(C(=O)N2CCC3(CC2)CN/C(=N\C(=O)c2nc(Cl)c(N)nc2N)N3)cc1)N1CCC2(CC1)CN/C(=N\C(=O)c1nc(Cl)c(N)nc1N)N2. The Hall–Kier alpha value is -5.95. The molecule has 0 radical (unpaired) electrons. The Kier molecular flexibility index (Phi) is 9.52. The molecule has 282 valence electrons. The number of hydrogen-bond donors (Lipinski definition) is 8. The number of guanidine groups is 2. The first-order valence-electron chi connectivity index (χ1n) is 17.0. The molecule has 12 N–H and O–H groups in total. The fourth-order valence-electron chi connectivity index (χ4n) is 6.94. The molecule has 21 heteroatoms. The molecule has 1 aromatic carbocycles. The van der Waals surface area contributed by atoms with Gasteiger partial charge in [-0.1, -0.05) is 41.9 Å². The molecule has 2 aromatic heterocycles. The fraction of sp³-hybridized carbons (Fsp3) is 0.364. The monoisotopic (exact) mass is 776 g/mol. The molecule has 54 heavy (non-hydrogen) atoms. The minimum absolute atomic E-state index is 0.0591. The number of carbonyl (C=O) groups excluding carboxylic acids is 3. The van der Waals surface area contributed by atoms with Gasteiger partial charge in [-0.15, -0.1) is 0 Å². The van der Waals surface area contributed by atoms with Gasteiger partial charge in [-0.05, 0) is 43.4 Å². The number of amides is 3. The summed E-state index contributed by atoms with van der Waals surface area (Å²) in [5.41, 5.74) is 24.2. The second kappa shape index (κ2) is 14.1. The Morgan fingerprint density at radius 1 is 0.648 bits per heavy atom. The first-order valence-corrected chi connectivity index (χ1v) is 17.8. The third kappa shape index (κ3) is 7.19. The first-order chi connectivity index (χ1) is 25.7. The van der Waals surface area contributed by atoms with Gasteiger partial charge in [-0.2, -0.15) is 9.98 Å². The maximum Gasteiger partial charge on any atom is 0.302 e. The number of likely N-dealkylation sites (tertiary alicyclic amines) is 2. The zero-order chi connectivity index (χ0) is 38.4. The summed E-state index contributed by atoms with van der Waals surface area (Å²) in [7, 11) is 0. The van der Waals surface area contributed by atoms with Crippen molar-refractivity contribution in [3.05, 3.63) is 63.7 Å². The van der Waals surface area contributed by atoms with Crippen LogP contribution in [0.25, 0.3) is 5.70 Å². The highest BCUT2D eigenvalue weighted by molar-refractivity contribution is 6.32. The topological polar surface area (TPSA) is 286 Å². The number of carbonyl (C=O) groups is 3. The summed E-state index contributed by atoms with van der Waals surface area (Å²) in [6, 6.07) is 7.50. The van der Waals surface area contributed by atoms with Gasteiger partial charge in [-0.3, -0.25) is 14.4 Å². The van der Waals surface area contributed by atoms with Crippen LogP contribution in [-0.4, -0.2) is 110 Å². The molecule has 0 bridgehead atoms. The molecule has 3 aromatic rings. The van der Waals surface area contributed by atoms with E-state index >= 15 is 0 Å². The van der Waals surface area contributed by atoms with Crippen molar-refractivity contribution in [3.63, 3.8) is 0 Å². The van der Waals surface area contributed by atoms with E-state index in [4.69, 9.17) is 46.1 Å². The number of nitrogens with two attached hydrogens (primary N) is 4. The Balaban J connectivity index is 0.893. The van der Waals surface area contributed by atoms with E-state index in [0.717, 1.165) is 37.2 Å². The number of hydrogen-bond acceptors (Lipinski definition) is 12. The van der Waals surface area contributed by atoms with E-state index in [0.29, 0.717) is 50.5 Å². The Morgan fingerprint density at radius 3 is 1.50 bits per heavy atom. The van der Waals surface area contributed by atoms with Crippen molar-refractivity contribution in [2.45, 2.75) is 36.8 Å². The standard InChI is InChI=1S/C33H38Cl2N16O3/c1-16(50-10-6-32(7-11-50)14-40-30(48-32)46-27(52)19-23(36)44-25(38)21(34)42-19)17-2-4-18(5-3-17)29(54)51-12-8-33(9-13-51)15-41-31(49-33)47-28(53)20-24(37)45-26(39)22(35)43-20/h2-5H,1,6-15H2,(H4,36,38,44)(H4,37,39,45)(H2,40,46,48,52)(H2,41,47,49,53). The van der Waals surface area contributed by atoms with E-state index in [1.807, 2.05) is 29.2 Å². The van der Waals surface area contributed by atoms with Gasteiger partial charge in [0.25, 0.3) is 5.91 Å². The maximum absolute atomic E-state index is 13.5. The fourth-order valence-corrected chi connectivity index (χ4v) is 7.20. The van der Waals surface area contributed by atoms with Gasteiger partial charge >= 0.3 is 11.8 Å². The highest BCUT2D eigenvalue weighted by Gasteiger charge is 2.42. The van der Waals surface area contributed by atoms with Crippen LogP contribution >= 0.6 is 23.2 Å². The minimum Gasteiger partial charge on any atom is -0.382 e. The predicted octanol–water partition coefficient (Wildman–Crippen LogP) is 0.461. The summed E-state index contributed by atoms with van der Waals surface area (Å²) < 4.78 is 0.